The van der Waals surface area contributed by atoms with Gasteiger partial charge in [0.25, 0.3) is 5.91 Å². The molecule has 1 heterocycles. The fraction of sp³-hybridized carbons (Fsp3) is 0.238. The molecule has 0 radical (unpaired) electrons. The van der Waals surface area contributed by atoms with Gasteiger partial charge in [-0.15, -0.1) is 0 Å². The van der Waals surface area contributed by atoms with Gasteiger partial charge in [0, 0.05) is 31.1 Å². The quantitative estimate of drug-likeness (QED) is 0.598. The molecule has 3 aromatic rings. The normalized spacial score (nSPS) is 11.5. The number of alkyl halides is 3. The Hall–Kier alpha value is -3.29. The number of aryl methyl sites for hydroxylation is 1. The molecule has 0 aliphatic heterocycles. The third-order valence-electron chi connectivity index (χ3n) is 4.48. The standard InChI is InChI=1S/C21H18F3NO4/c1-13-5-3-4-6-14(13)11-25(2)19(26)12-28-15-7-8-16-17(21(22,23)24)10-20(27)29-18(16)9-15/h3-10H,11-12H2,1-2H3. The molecule has 0 bridgehead atoms. The number of hydrogen-bond donors (Lipinski definition) is 0. The summed E-state index contributed by atoms with van der Waals surface area (Å²) in [5, 5.41) is -0.257. The monoisotopic (exact) mass is 405 g/mol. The molecule has 0 atom stereocenters. The van der Waals surface area contributed by atoms with Gasteiger partial charge in [0.2, 0.25) is 0 Å². The second-order valence-corrected chi connectivity index (χ2v) is 6.60. The lowest BCUT2D eigenvalue weighted by atomic mass is 10.1. The molecule has 0 N–H and O–H groups in total. The van der Waals surface area contributed by atoms with E-state index < -0.39 is 17.4 Å². The van der Waals surface area contributed by atoms with Crippen LogP contribution in [0.25, 0.3) is 11.0 Å². The maximum atomic E-state index is 13.1. The number of nitrogens with zero attached hydrogens (tertiary/aromatic N) is 1. The summed E-state index contributed by atoms with van der Waals surface area (Å²) in [7, 11) is 1.63. The molecule has 0 spiro atoms. The van der Waals surface area contributed by atoms with E-state index in [-0.39, 0.29) is 29.2 Å². The Morgan fingerprint density at radius 3 is 2.55 bits per heavy atom. The molecule has 5 nitrogen and oxygen atoms in total. The average Bonchev–Trinajstić information content (AvgIpc) is 2.66. The number of amides is 1. The SMILES string of the molecule is Cc1ccccc1CN(C)C(=O)COc1ccc2c(C(F)(F)F)cc(=O)oc2c1. The van der Waals surface area contributed by atoms with Crippen molar-refractivity contribution in [2.75, 3.05) is 13.7 Å². The summed E-state index contributed by atoms with van der Waals surface area (Å²) in [6.07, 6.45) is -4.69. The van der Waals surface area contributed by atoms with Crippen molar-refractivity contribution in [1.82, 2.24) is 4.90 Å². The van der Waals surface area contributed by atoms with Gasteiger partial charge in [0.05, 0.1) is 5.56 Å². The Bertz CT molecular complexity index is 1110. The van der Waals surface area contributed by atoms with E-state index in [1.54, 1.807) is 7.05 Å². The van der Waals surface area contributed by atoms with Crippen LogP contribution in [0.4, 0.5) is 13.2 Å². The number of carbonyl (C=O) groups is 1. The van der Waals surface area contributed by atoms with Crippen LogP contribution in [0.2, 0.25) is 0 Å². The molecule has 1 aromatic heterocycles. The van der Waals surface area contributed by atoms with Crippen LogP contribution in [-0.4, -0.2) is 24.5 Å². The van der Waals surface area contributed by atoms with E-state index in [1.165, 1.54) is 17.0 Å². The van der Waals surface area contributed by atoms with Crippen molar-refractivity contribution in [2.24, 2.45) is 0 Å². The zero-order chi connectivity index (χ0) is 21.2. The van der Waals surface area contributed by atoms with Crippen molar-refractivity contribution in [3.05, 3.63) is 75.6 Å². The lowest BCUT2D eigenvalue weighted by Crippen LogP contribution is -2.31. The zero-order valence-electron chi connectivity index (χ0n) is 15.7. The first-order chi connectivity index (χ1) is 13.6. The highest BCUT2D eigenvalue weighted by Crippen LogP contribution is 2.34. The van der Waals surface area contributed by atoms with Gasteiger partial charge in [-0.25, -0.2) is 4.79 Å². The first kappa shape index (κ1) is 20.4. The average molecular weight is 405 g/mol. The third kappa shape index (κ3) is 4.77. The number of hydrogen-bond acceptors (Lipinski definition) is 4. The van der Waals surface area contributed by atoms with Crippen LogP contribution in [0, 0.1) is 6.92 Å². The van der Waals surface area contributed by atoms with E-state index in [2.05, 4.69) is 0 Å². The summed E-state index contributed by atoms with van der Waals surface area (Å²) in [5.41, 5.74) is -0.406. The minimum atomic E-state index is -4.69. The van der Waals surface area contributed by atoms with Gasteiger partial charge in [-0.05, 0) is 30.2 Å². The molecule has 3 rings (SSSR count). The molecular formula is C21H18F3NO4. The van der Waals surface area contributed by atoms with Gasteiger partial charge < -0.3 is 14.1 Å². The molecular weight excluding hydrogens is 387 g/mol. The minimum absolute atomic E-state index is 0.123. The molecule has 0 saturated heterocycles. The van der Waals surface area contributed by atoms with E-state index in [0.29, 0.717) is 12.6 Å². The maximum Gasteiger partial charge on any atom is 0.417 e. The van der Waals surface area contributed by atoms with Gasteiger partial charge in [-0.1, -0.05) is 24.3 Å². The molecule has 0 aliphatic rings. The Labute approximate surface area is 164 Å². The van der Waals surface area contributed by atoms with Gasteiger partial charge in [-0.3, -0.25) is 4.79 Å². The third-order valence-corrected chi connectivity index (χ3v) is 4.48. The van der Waals surface area contributed by atoms with Crippen molar-refractivity contribution in [3.8, 4) is 5.75 Å². The summed E-state index contributed by atoms with van der Waals surface area (Å²) in [6.45, 7) is 2.04. The highest BCUT2D eigenvalue weighted by molar-refractivity contribution is 5.82. The fourth-order valence-corrected chi connectivity index (χ4v) is 2.85. The number of rotatable bonds is 5. The smallest absolute Gasteiger partial charge is 0.417 e. The Kier molecular flexibility index (Phi) is 5.63. The van der Waals surface area contributed by atoms with Gasteiger partial charge in [-0.2, -0.15) is 13.2 Å². The first-order valence-corrected chi connectivity index (χ1v) is 8.71. The van der Waals surface area contributed by atoms with Crippen LogP contribution in [0.5, 0.6) is 5.75 Å². The Balaban J connectivity index is 1.73. The molecule has 0 unspecified atom stereocenters. The summed E-state index contributed by atoms with van der Waals surface area (Å²) >= 11 is 0. The molecule has 0 fully saturated rings. The zero-order valence-corrected chi connectivity index (χ0v) is 15.7. The number of benzene rings is 2. The number of fused-ring (bicyclic) bond motifs is 1. The number of ether oxygens (including phenoxy) is 1. The second kappa shape index (κ2) is 7.98. The van der Waals surface area contributed by atoms with Crippen molar-refractivity contribution in [3.63, 3.8) is 0 Å². The van der Waals surface area contributed by atoms with Crippen molar-refractivity contribution in [2.45, 2.75) is 19.6 Å². The van der Waals surface area contributed by atoms with Gasteiger partial charge >= 0.3 is 11.8 Å². The van der Waals surface area contributed by atoms with Crippen molar-refractivity contribution < 1.29 is 27.1 Å². The van der Waals surface area contributed by atoms with E-state index in [1.807, 2.05) is 31.2 Å². The lowest BCUT2D eigenvalue weighted by molar-refractivity contribution is -0.136. The highest BCUT2D eigenvalue weighted by Gasteiger charge is 2.33. The molecule has 8 heteroatoms. The van der Waals surface area contributed by atoms with Crippen LogP contribution in [0.15, 0.2) is 57.7 Å². The Morgan fingerprint density at radius 1 is 1.14 bits per heavy atom. The van der Waals surface area contributed by atoms with Crippen LogP contribution in [-0.2, 0) is 17.5 Å². The second-order valence-electron chi connectivity index (χ2n) is 6.60. The molecule has 0 saturated carbocycles. The van der Waals surface area contributed by atoms with Crippen LogP contribution in [0.1, 0.15) is 16.7 Å². The Morgan fingerprint density at radius 2 is 1.86 bits per heavy atom. The van der Waals surface area contributed by atoms with E-state index in [0.717, 1.165) is 17.2 Å². The minimum Gasteiger partial charge on any atom is -0.484 e. The van der Waals surface area contributed by atoms with E-state index in [9.17, 15) is 22.8 Å². The van der Waals surface area contributed by atoms with Crippen LogP contribution < -0.4 is 10.4 Å². The van der Waals surface area contributed by atoms with Gasteiger partial charge in [0.1, 0.15) is 11.3 Å². The van der Waals surface area contributed by atoms with E-state index in [4.69, 9.17) is 9.15 Å². The summed E-state index contributed by atoms with van der Waals surface area (Å²) in [5.74, 6) is -0.184. The first-order valence-electron chi connectivity index (χ1n) is 8.71. The molecule has 152 valence electrons. The lowest BCUT2D eigenvalue weighted by Gasteiger charge is -2.19. The predicted molar refractivity (Wildman–Crippen MR) is 101 cm³/mol. The number of carbonyl (C=O) groups excluding carboxylic acids is 1. The summed E-state index contributed by atoms with van der Waals surface area (Å²) in [6, 6.07) is 11.7. The predicted octanol–water partition coefficient (Wildman–Crippen LogP) is 4.16. The number of halogens is 3. The van der Waals surface area contributed by atoms with Crippen molar-refractivity contribution >= 4 is 16.9 Å². The number of likely N-dealkylation sites (N-methyl/N-ethyl adjacent to an activating group) is 1. The highest BCUT2D eigenvalue weighted by atomic mass is 19.4. The summed E-state index contributed by atoms with van der Waals surface area (Å²) in [4.78, 5) is 25.3. The molecule has 29 heavy (non-hydrogen) atoms. The van der Waals surface area contributed by atoms with Gasteiger partial charge in [0.15, 0.2) is 6.61 Å². The molecule has 1 amide bonds. The summed E-state index contributed by atoms with van der Waals surface area (Å²) < 4.78 is 49.5. The van der Waals surface area contributed by atoms with Crippen LogP contribution >= 0.6 is 0 Å². The largest absolute Gasteiger partial charge is 0.484 e. The van der Waals surface area contributed by atoms with Crippen LogP contribution in [0.3, 0.4) is 0 Å². The maximum absolute atomic E-state index is 13.1. The van der Waals surface area contributed by atoms with Crippen molar-refractivity contribution in [1.29, 1.82) is 0 Å². The molecule has 2 aromatic carbocycles. The molecule has 0 aliphatic carbocycles. The fourth-order valence-electron chi connectivity index (χ4n) is 2.85. The topological polar surface area (TPSA) is 59.8 Å². The van der Waals surface area contributed by atoms with E-state index >= 15 is 0 Å².